The zero-order valence-electron chi connectivity index (χ0n) is 15.7. The normalized spacial score (nSPS) is 13.5. The largest absolute Gasteiger partial charge is 0.433 e. The average molecular weight is 420 g/mol. The van der Waals surface area contributed by atoms with E-state index in [2.05, 4.69) is 10.3 Å². The van der Waals surface area contributed by atoms with Crippen molar-refractivity contribution >= 4 is 0 Å². The monoisotopic (exact) mass is 420 g/mol. The number of hydrogen-bond acceptors (Lipinski definition) is 3. The summed E-state index contributed by atoms with van der Waals surface area (Å²) in [6.07, 6.45) is -7.96. The first-order valence-corrected chi connectivity index (χ1v) is 9.18. The molecule has 1 aromatic heterocycles. The van der Waals surface area contributed by atoms with E-state index < -0.39 is 29.7 Å². The second kappa shape index (κ2) is 9.58. The number of aliphatic hydroxyl groups is 1. The van der Waals surface area contributed by atoms with Gasteiger partial charge in [-0.25, -0.2) is 4.98 Å². The van der Waals surface area contributed by atoms with E-state index >= 15 is 0 Å². The molecule has 3 nitrogen and oxygen atoms in total. The van der Waals surface area contributed by atoms with E-state index in [0.29, 0.717) is 6.54 Å². The molecule has 1 heterocycles. The van der Waals surface area contributed by atoms with Crippen LogP contribution in [0.3, 0.4) is 0 Å². The minimum atomic E-state index is -4.82. The number of nitrogens with one attached hydrogen (secondary N) is 1. The third kappa shape index (κ3) is 6.43. The molecule has 2 rings (SSSR count). The number of benzene rings is 1. The SMILES string of the molecule is CCCCCNCC(O)c1ccc(-c2ccc(C(F)(F)F)cc2)nc1C(F)(F)F. The van der Waals surface area contributed by atoms with Crippen LogP contribution in [0.25, 0.3) is 11.3 Å². The molecule has 0 bridgehead atoms. The lowest BCUT2D eigenvalue weighted by Gasteiger charge is -2.18. The maximum Gasteiger partial charge on any atom is 0.433 e. The van der Waals surface area contributed by atoms with E-state index in [0.717, 1.165) is 49.6 Å². The molecule has 0 radical (unpaired) electrons. The van der Waals surface area contributed by atoms with Crippen LogP contribution in [0.15, 0.2) is 36.4 Å². The molecule has 0 saturated heterocycles. The van der Waals surface area contributed by atoms with Gasteiger partial charge >= 0.3 is 12.4 Å². The molecule has 0 spiro atoms. The van der Waals surface area contributed by atoms with Crippen molar-refractivity contribution in [3.8, 4) is 11.3 Å². The van der Waals surface area contributed by atoms with Crippen LogP contribution < -0.4 is 5.32 Å². The standard InChI is InChI=1S/C20H22F6N2O/c1-2-3-4-11-27-12-17(29)15-9-10-16(28-18(15)20(24,25)26)13-5-7-14(8-6-13)19(21,22)23/h5-10,17,27,29H,2-4,11-12H2,1H3. The van der Waals surface area contributed by atoms with Gasteiger partial charge in [0, 0.05) is 17.7 Å². The van der Waals surface area contributed by atoms with Crippen molar-refractivity contribution in [3.05, 3.63) is 53.2 Å². The number of pyridine rings is 1. The zero-order chi connectivity index (χ0) is 21.7. The fourth-order valence-corrected chi connectivity index (χ4v) is 2.81. The highest BCUT2D eigenvalue weighted by atomic mass is 19.4. The lowest BCUT2D eigenvalue weighted by atomic mass is 10.0. The molecule has 1 unspecified atom stereocenters. The number of alkyl halides is 6. The predicted octanol–water partition coefficient (Wildman–Crippen LogP) is 5.60. The molecular weight excluding hydrogens is 398 g/mol. The first-order chi connectivity index (χ1) is 13.5. The number of nitrogens with zero attached hydrogens (tertiary/aromatic N) is 1. The van der Waals surface area contributed by atoms with Crippen molar-refractivity contribution in [2.45, 2.75) is 44.6 Å². The lowest BCUT2D eigenvalue weighted by Crippen LogP contribution is -2.25. The van der Waals surface area contributed by atoms with E-state index in [1.807, 2.05) is 6.92 Å². The third-order valence-corrected chi connectivity index (χ3v) is 4.36. The summed E-state index contributed by atoms with van der Waals surface area (Å²) in [4.78, 5) is 3.59. The van der Waals surface area contributed by atoms with Crippen molar-refractivity contribution in [3.63, 3.8) is 0 Å². The molecule has 0 amide bonds. The highest BCUT2D eigenvalue weighted by Crippen LogP contribution is 2.36. The maximum absolute atomic E-state index is 13.5. The van der Waals surface area contributed by atoms with Crippen molar-refractivity contribution in [1.29, 1.82) is 0 Å². The van der Waals surface area contributed by atoms with Crippen molar-refractivity contribution in [2.24, 2.45) is 0 Å². The van der Waals surface area contributed by atoms with Crippen molar-refractivity contribution in [1.82, 2.24) is 10.3 Å². The minimum absolute atomic E-state index is 0.0614. The molecule has 1 aromatic carbocycles. The minimum Gasteiger partial charge on any atom is -0.387 e. The van der Waals surface area contributed by atoms with Gasteiger partial charge in [0.2, 0.25) is 0 Å². The Hall–Kier alpha value is -2.13. The summed E-state index contributed by atoms with van der Waals surface area (Å²) in [5, 5.41) is 13.1. The smallest absolute Gasteiger partial charge is 0.387 e. The van der Waals surface area contributed by atoms with Gasteiger partial charge in [-0.2, -0.15) is 26.3 Å². The van der Waals surface area contributed by atoms with Gasteiger partial charge in [-0.1, -0.05) is 38.0 Å². The van der Waals surface area contributed by atoms with Gasteiger partial charge in [-0.05, 0) is 31.2 Å². The highest BCUT2D eigenvalue weighted by Gasteiger charge is 2.37. The summed E-state index contributed by atoms with van der Waals surface area (Å²) in [6, 6.07) is 6.07. The zero-order valence-corrected chi connectivity index (χ0v) is 15.7. The summed E-state index contributed by atoms with van der Waals surface area (Å²) >= 11 is 0. The van der Waals surface area contributed by atoms with Crippen LogP contribution in [0.4, 0.5) is 26.3 Å². The molecular formula is C20H22F6N2O. The van der Waals surface area contributed by atoms with E-state index in [-0.39, 0.29) is 23.4 Å². The number of hydrogen-bond donors (Lipinski definition) is 2. The molecule has 0 aliphatic heterocycles. The average Bonchev–Trinajstić information content (AvgIpc) is 2.66. The van der Waals surface area contributed by atoms with Crippen molar-refractivity contribution < 1.29 is 31.4 Å². The lowest BCUT2D eigenvalue weighted by molar-refractivity contribution is -0.142. The molecule has 0 saturated carbocycles. The molecule has 2 N–H and O–H groups in total. The Balaban J connectivity index is 2.25. The van der Waals surface area contributed by atoms with Gasteiger partial charge in [0.15, 0.2) is 5.69 Å². The molecule has 1 atom stereocenters. The van der Waals surface area contributed by atoms with E-state index in [1.165, 1.54) is 6.07 Å². The summed E-state index contributed by atoms with van der Waals surface area (Å²) in [5.41, 5.74) is -2.55. The van der Waals surface area contributed by atoms with Gasteiger partial charge in [-0.15, -0.1) is 0 Å². The van der Waals surface area contributed by atoms with E-state index in [4.69, 9.17) is 0 Å². The van der Waals surface area contributed by atoms with Crippen LogP contribution in [0.5, 0.6) is 0 Å². The van der Waals surface area contributed by atoms with Crippen molar-refractivity contribution in [2.75, 3.05) is 13.1 Å². The van der Waals surface area contributed by atoms with Crippen LogP contribution in [0.2, 0.25) is 0 Å². The maximum atomic E-state index is 13.5. The van der Waals surface area contributed by atoms with E-state index in [1.54, 1.807) is 0 Å². The molecule has 0 aliphatic carbocycles. The van der Waals surface area contributed by atoms with Gasteiger partial charge < -0.3 is 10.4 Å². The van der Waals surface area contributed by atoms with Crippen LogP contribution >= 0.6 is 0 Å². The summed E-state index contributed by atoms with van der Waals surface area (Å²) in [7, 11) is 0. The number of aromatic nitrogens is 1. The molecule has 29 heavy (non-hydrogen) atoms. The van der Waals surface area contributed by atoms with Crippen LogP contribution in [-0.4, -0.2) is 23.2 Å². The van der Waals surface area contributed by atoms with E-state index in [9.17, 15) is 31.4 Å². The first-order valence-electron chi connectivity index (χ1n) is 9.18. The van der Waals surface area contributed by atoms with Gasteiger partial charge in [0.25, 0.3) is 0 Å². The summed E-state index contributed by atoms with van der Waals surface area (Å²) in [6.45, 7) is 2.53. The van der Waals surface area contributed by atoms with Crippen LogP contribution in [0.1, 0.15) is 49.1 Å². The number of unbranched alkanes of at least 4 members (excludes halogenated alkanes) is 2. The number of halogens is 6. The Kier molecular flexibility index (Phi) is 7.65. The molecule has 9 heteroatoms. The Morgan fingerprint density at radius 3 is 2.14 bits per heavy atom. The Morgan fingerprint density at radius 1 is 0.931 bits per heavy atom. The Labute approximate surface area is 164 Å². The molecule has 2 aromatic rings. The fraction of sp³-hybridized carbons (Fsp3) is 0.450. The van der Waals surface area contributed by atoms with Gasteiger partial charge in [0.1, 0.15) is 0 Å². The summed E-state index contributed by atoms with van der Waals surface area (Å²) in [5.74, 6) is 0. The second-order valence-electron chi connectivity index (χ2n) is 6.63. The number of rotatable bonds is 8. The van der Waals surface area contributed by atoms with Gasteiger partial charge in [-0.3, -0.25) is 0 Å². The fourth-order valence-electron chi connectivity index (χ4n) is 2.81. The number of aliphatic hydroxyl groups excluding tert-OH is 1. The quantitative estimate of drug-likeness (QED) is 0.432. The molecule has 0 fully saturated rings. The van der Waals surface area contributed by atoms with Crippen LogP contribution in [0, 0.1) is 0 Å². The topological polar surface area (TPSA) is 45.1 Å². The van der Waals surface area contributed by atoms with Crippen LogP contribution in [-0.2, 0) is 12.4 Å². The predicted molar refractivity (Wildman–Crippen MR) is 97.0 cm³/mol. The molecule has 0 aliphatic rings. The van der Waals surface area contributed by atoms with Gasteiger partial charge in [0.05, 0.1) is 17.4 Å². The Morgan fingerprint density at radius 2 is 1.59 bits per heavy atom. The second-order valence-corrected chi connectivity index (χ2v) is 6.63. The first kappa shape index (κ1) is 23.2. The molecule has 160 valence electrons. The Bertz CT molecular complexity index is 787. The highest BCUT2D eigenvalue weighted by molar-refractivity contribution is 5.60. The third-order valence-electron chi connectivity index (χ3n) is 4.36. The summed E-state index contributed by atoms with van der Waals surface area (Å²) < 4.78 is 78.4.